The van der Waals surface area contributed by atoms with Gasteiger partial charge in [0.2, 0.25) is 10.0 Å². The molecule has 0 aliphatic heterocycles. The van der Waals surface area contributed by atoms with Crippen molar-refractivity contribution in [3.8, 4) is 0 Å². The van der Waals surface area contributed by atoms with E-state index in [1.54, 1.807) is 20.8 Å². The molecule has 0 amide bonds. The second kappa shape index (κ2) is 4.28. The minimum atomic E-state index is -3.23. The molecule has 7 heteroatoms. The Hall–Kier alpha value is -0.950. The third-order valence-electron chi connectivity index (χ3n) is 2.04. The minimum absolute atomic E-state index is 0.199. The van der Waals surface area contributed by atoms with E-state index in [1.807, 2.05) is 0 Å². The number of aromatic amines is 1. The van der Waals surface area contributed by atoms with Gasteiger partial charge < -0.3 is 0 Å². The summed E-state index contributed by atoms with van der Waals surface area (Å²) < 4.78 is 24.7. The van der Waals surface area contributed by atoms with Crippen molar-refractivity contribution in [2.75, 3.05) is 7.05 Å². The third-order valence-corrected chi connectivity index (χ3v) is 4.23. The first kappa shape index (κ1) is 12.1. The molecule has 0 saturated carbocycles. The predicted octanol–water partition coefficient (Wildman–Crippen LogP) is 0.283. The summed E-state index contributed by atoms with van der Waals surface area (Å²) in [6.45, 7) is 5.27. The Morgan fingerprint density at radius 2 is 2.07 bits per heavy atom. The lowest BCUT2D eigenvalue weighted by Gasteiger charge is -2.17. The quantitative estimate of drug-likeness (QED) is 0.809. The molecule has 0 aromatic carbocycles. The van der Waals surface area contributed by atoms with Crippen LogP contribution >= 0.6 is 0 Å². The van der Waals surface area contributed by atoms with Gasteiger partial charge in [0.05, 0.1) is 11.8 Å². The lowest BCUT2D eigenvalue weighted by atomic mass is 10.6. The number of aryl methyl sites for hydroxylation is 1. The highest BCUT2D eigenvalue weighted by Crippen LogP contribution is 2.08. The topological polar surface area (TPSA) is 79.0 Å². The van der Waals surface area contributed by atoms with Crippen LogP contribution in [0.25, 0.3) is 0 Å². The molecular formula is C8H16N4O2S. The molecule has 0 aliphatic carbocycles. The zero-order valence-electron chi connectivity index (χ0n) is 9.35. The number of rotatable bonds is 4. The van der Waals surface area contributed by atoms with Gasteiger partial charge in [-0.15, -0.1) is 0 Å². The molecule has 15 heavy (non-hydrogen) atoms. The maximum Gasteiger partial charge on any atom is 0.216 e. The smallest absolute Gasteiger partial charge is 0.216 e. The monoisotopic (exact) mass is 232 g/mol. The first-order valence-electron chi connectivity index (χ1n) is 4.67. The van der Waals surface area contributed by atoms with Crippen molar-refractivity contribution in [2.45, 2.75) is 32.6 Å². The summed E-state index contributed by atoms with van der Waals surface area (Å²) in [7, 11) is -1.70. The summed E-state index contributed by atoms with van der Waals surface area (Å²) in [5.74, 6) is 1.17. The molecular weight excluding hydrogens is 216 g/mol. The fraction of sp³-hybridized carbons (Fsp3) is 0.750. The molecule has 0 radical (unpaired) electrons. The van der Waals surface area contributed by atoms with Gasteiger partial charge in [-0.25, -0.2) is 13.4 Å². The summed E-state index contributed by atoms with van der Waals surface area (Å²) in [6, 6.07) is 0. The van der Waals surface area contributed by atoms with Crippen molar-refractivity contribution in [3.63, 3.8) is 0 Å². The fourth-order valence-electron chi connectivity index (χ4n) is 1.11. The number of sulfonamides is 1. The number of H-pyrrole nitrogens is 1. The van der Waals surface area contributed by atoms with Gasteiger partial charge >= 0.3 is 0 Å². The normalized spacial score (nSPS) is 12.7. The largest absolute Gasteiger partial charge is 0.263 e. The second-order valence-electron chi connectivity index (χ2n) is 3.69. The molecule has 1 aromatic heterocycles. The van der Waals surface area contributed by atoms with Crippen LogP contribution in [0.5, 0.6) is 0 Å². The van der Waals surface area contributed by atoms with Gasteiger partial charge in [-0.05, 0) is 20.8 Å². The van der Waals surface area contributed by atoms with E-state index in [-0.39, 0.29) is 6.54 Å². The van der Waals surface area contributed by atoms with Crippen LogP contribution in [-0.2, 0) is 16.6 Å². The zero-order chi connectivity index (χ0) is 11.6. The average molecular weight is 232 g/mol. The molecule has 6 nitrogen and oxygen atoms in total. The highest BCUT2D eigenvalue weighted by atomic mass is 32.2. The van der Waals surface area contributed by atoms with E-state index in [2.05, 4.69) is 15.2 Å². The molecule has 1 heterocycles. The highest BCUT2D eigenvalue weighted by Gasteiger charge is 2.23. The second-order valence-corrected chi connectivity index (χ2v) is 6.28. The minimum Gasteiger partial charge on any atom is -0.263 e. The van der Waals surface area contributed by atoms with Gasteiger partial charge in [-0.2, -0.15) is 9.40 Å². The molecule has 1 rings (SSSR count). The number of nitrogens with zero attached hydrogens (tertiary/aromatic N) is 3. The van der Waals surface area contributed by atoms with Crippen molar-refractivity contribution in [1.82, 2.24) is 19.5 Å². The van der Waals surface area contributed by atoms with Gasteiger partial charge in [-0.1, -0.05) is 0 Å². The Balaban J connectivity index is 2.76. The van der Waals surface area contributed by atoms with Crippen LogP contribution in [0, 0.1) is 6.92 Å². The predicted molar refractivity (Wildman–Crippen MR) is 56.6 cm³/mol. The van der Waals surface area contributed by atoms with Gasteiger partial charge in [0.25, 0.3) is 0 Å². The van der Waals surface area contributed by atoms with E-state index in [0.717, 1.165) is 0 Å². The summed E-state index contributed by atoms with van der Waals surface area (Å²) in [5, 5.41) is 6.13. The lowest BCUT2D eigenvalue weighted by Crippen LogP contribution is -2.32. The number of hydrogen-bond acceptors (Lipinski definition) is 4. The molecule has 0 fully saturated rings. The first-order valence-corrected chi connectivity index (χ1v) is 6.17. The molecule has 0 atom stereocenters. The van der Waals surface area contributed by atoms with Crippen LogP contribution in [0.4, 0.5) is 0 Å². The number of aromatic nitrogens is 3. The summed E-state index contributed by atoms with van der Waals surface area (Å²) in [6.07, 6.45) is 0. The van der Waals surface area contributed by atoms with Crippen LogP contribution in [-0.4, -0.2) is 40.2 Å². The SMILES string of the molecule is Cc1nc(CN(C)S(=O)(=O)C(C)C)n[nH]1. The van der Waals surface area contributed by atoms with Gasteiger partial charge in [-0.3, -0.25) is 5.10 Å². The number of nitrogens with one attached hydrogen (secondary N) is 1. The molecule has 86 valence electrons. The van der Waals surface area contributed by atoms with E-state index in [4.69, 9.17) is 0 Å². The summed E-state index contributed by atoms with van der Waals surface area (Å²) in [4.78, 5) is 4.05. The average Bonchev–Trinajstić information content (AvgIpc) is 2.50. The van der Waals surface area contributed by atoms with E-state index in [0.29, 0.717) is 11.6 Å². The van der Waals surface area contributed by atoms with Crippen molar-refractivity contribution in [2.24, 2.45) is 0 Å². The molecule has 0 saturated heterocycles. The van der Waals surface area contributed by atoms with Crippen LogP contribution in [0.2, 0.25) is 0 Å². The number of hydrogen-bond donors (Lipinski definition) is 1. The maximum atomic E-state index is 11.7. The summed E-state index contributed by atoms with van der Waals surface area (Å²) >= 11 is 0. The first-order chi connectivity index (χ1) is 6.84. The van der Waals surface area contributed by atoms with Gasteiger partial charge in [0.15, 0.2) is 5.82 Å². The third kappa shape index (κ3) is 2.75. The van der Waals surface area contributed by atoms with Crippen LogP contribution < -0.4 is 0 Å². The van der Waals surface area contributed by atoms with Crippen LogP contribution in [0.15, 0.2) is 0 Å². The van der Waals surface area contributed by atoms with Crippen molar-refractivity contribution in [1.29, 1.82) is 0 Å². The van der Waals surface area contributed by atoms with Crippen molar-refractivity contribution < 1.29 is 8.42 Å². The zero-order valence-corrected chi connectivity index (χ0v) is 10.2. The van der Waals surface area contributed by atoms with E-state index in [1.165, 1.54) is 11.4 Å². The Morgan fingerprint density at radius 1 is 1.47 bits per heavy atom. The Bertz CT molecular complexity index is 424. The lowest BCUT2D eigenvalue weighted by molar-refractivity contribution is 0.450. The molecule has 1 aromatic rings. The molecule has 1 N–H and O–H groups in total. The Morgan fingerprint density at radius 3 is 2.47 bits per heavy atom. The molecule has 0 bridgehead atoms. The van der Waals surface area contributed by atoms with E-state index < -0.39 is 15.3 Å². The Labute approximate surface area is 89.8 Å². The fourth-order valence-corrected chi connectivity index (χ4v) is 2.12. The molecule has 0 unspecified atom stereocenters. The standard InChI is InChI=1S/C8H16N4O2S/c1-6(2)15(13,14)12(4)5-8-9-7(3)10-11-8/h6H,5H2,1-4H3,(H,9,10,11). The van der Waals surface area contributed by atoms with Gasteiger partial charge in [0, 0.05) is 7.05 Å². The van der Waals surface area contributed by atoms with Crippen LogP contribution in [0.3, 0.4) is 0 Å². The molecule has 0 spiro atoms. The van der Waals surface area contributed by atoms with E-state index in [9.17, 15) is 8.42 Å². The molecule has 0 aliphatic rings. The highest BCUT2D eigenvalue weighted by molar-refractivity contribution is 7.89. The Kier molecular flexibility index (Phi) is 3.46. The summed E-state index contributed by atoms with van der Waals surface area (Å²) in [5.41, 5.74) is 0. The van der Waals surface area contributed by atoms with Crippen molar-refractivity contribution in [3.05, 3.63) is 11.6 Å². The van der Waals surface area contributed by atoms with Crippen molar-refractivity contribution >= 4 is 10.0 Å². The maximum absolute atomic E-state index is 11.7. The van der Waals surface area contributed by atoms with E-state index >= 15 is 0 Å². The van der Waals surface area contributed by atoms with Crippen LogP contribution in [0.1, 0.15) is 25.5 Å². The van der Waals surface area contributed by atoms with Gasteiger partial charge in [0.1, 0.15) is 5.82 Å².